The number of nitrogens with zero attached hydrogens (tertiary/aromatic N) is 1. The van der Waals surface area contributed by atoms with Gasteiger partial charge in [0.2, 0.25) is 0 Å². The van der Waals surface area contributed by atoms with Gasteiger partial charge in [0.1, 0.15) is 0 Å². The molecule has 0 unspecified atom stereocenters. The third-order valence-electron chi connectivity index (χ3n) is 2.50. The van der Waals surface area contributed by atoms with Gasteiger partial charge in [0.05, 0.1) is 16.1 Å². The van der Waals surface area contributed by atoms with E-state index in [0.717, 1.165) is 17.8 Å². The summed E-state index contributed by atoms with van der Waals surface area (Å²) in [5.74, 6) is 0. The van der Waals surface area contributed by atoms with Crippen LogP contribution < -0.4 is 5.73 Å². The Morgan fingerprint density at radius 3 is 2.67 bits per heavy atom. The minimum atomic E-state index is -4.33. The Labute approximate surface area is 106 Å². The third-order valence-corrected chi connectivity index (χ3v) is 3.48. The van der Waals surface area contributed by atoms with Gasteiger partial charge in [-0.1, -0.05) is 30.4 Å². The highest BCUT2D eigenvalue weighted by Gasteiger charge is 2.30. The van der Waals surface area contributed by atoms with Crippen LogP contribution in [0.15, 0.2) is 24.3 Å². The fourth-order valence-electron chi connectivity index (χ4n) is 1.67. The highest BCUT2D eigenvalue weighted by molar-refractivity contribution is 7.18. The number of nitrogens with two attached hydrogens (primary N) is 1. The van der Waals surface area contributed by atoms with Crippen LogP contribution in [0.5, 0.6) is 0 Å². The van der Waals surface area contributed by atoms with Gasteiger partial charge >= 0.3 is 6.18 Å². The van der Waals surface area contributed by atoms with E-state index >= 15 is 0 Å². The highest BCUT2D eigenvalue weighted by atomic mass is 32.1. The first kappa shape index (κ1) is 12.9. The molecule has 1 heterocycles. The maximum Gasteiger partial charge on any atom is 0.416 e. The standard InChI is InChI=1S/C12H11F3N2S/c1-2-9-10(18-11(16)17-9)7-4-3-5-8(6-7)12(13,14)15/h3-6H,2H2,1H3,(H2,16,17). The second-order valence-corrected chi connectivity index (χ2v) is 4.79. The van der Waals surface area contributed by atoms with Gasteiger partial charge in [-0.3, -0.25) is 0 Å². The number of aromatic nitrogens is 1. The Kier molecular flexibility index (Phi) is 3.30. The van der Waals surface area contributed by atoms with Crippen LogP contribution in [0.25, 0.3) is 10.4 Å². The van der Waals surface area contributed by atoms with Gasteiger partial charge in [-0.2, -0.15) is 13.2 Å². The van der Waals surface area contributed by atoms with Crippen molar-refractivity contribution >= 4 is 16.5 Å². The molecule has 96 valence electrons. The lowest BCUT2D eigenvalue weighted by molar-refractivity contribution is -0.137. The minimum Gasteiger partial charge on any atom is -0.375 e. The molecule has 1 aromatic carbocycles. The fourth-order valence-corrected chi connectivity index (χ4v) is 2.59. The quantitative estimate of drug-likeness (QED) is 0.898. The largest absolute Gasteiger partial charge is 0.416 e. The van der Waals surface area contributed by atoms with Crippen molar-refractivity contribution in [2.75, 3.05) is 5.73 Å². The summed E-state index contributed by atoms with van der Waals surface area (Å²) < 4.78 is 37.9. The van der Waals surface area contributed by atoms with E-state index in [1.54, 1.807) is 6.07 Å². The molecule has 0 amide bonds. The van der Waals surface area contributed by atoms with E-state index in [-0.39, 0.29) is 0 Å². The molecule has 2 N–H and O–H groups in total. The molecular formula is C12H11F3N2S. The van der Waals surface area contributed by atoms with Crippen molar-refractivity contribution in [1.82, 2.24) is 4.98 Å². The summed E-state index contributed by atoms with van der Waals surface area (Å²) in [7, 11) is 0. The van der Waals surface area contributed by atoms with E-state index in [9.17, 15) is 13.2 Å². The lowest BCUT2D eigenvalue weighted by Crippen LogP contribution is -2.04. The number of alkyl halides is 3. The fraction of sp³-hybridized carbons (Fsp3) is 0.250. The Morgan fingerprint density at radius 2 is 2.06 bits per heavy atom. The molecule has 2 rings (SSSR count). The Morgan fingerprint density at radius 1 is 1.33 bits per heavy atom. The van der Waals surface area contributed by atoms with Crippen molar-refractivity contribution in [3.05, 3.63) is 35.5 Å². The van der Waals surface area contributed by atoms with Gasteiger partial charge in [-0.15, -0.1) is 0 Å². The average Bonchev–Trinajstić information content (AvgIpc) is 2.69. The molecule has 0 saturated carbocycles. The number of halogens is 3. The van der Waals surface area contributed by atoms with Gasteiger partial charge in [0, 0.05) is 0 Å². The SMILES string of the molecule is CCc1nc(N)sc1-c1cccc(C(F)(F)F)c1. The van der Waals surface area contributed by atoms with Crippen LogP contribution in [0, 0.1) is 0 Å². The van der Waals surface area contributed by atoms with Crippen LogP contribution in [-0.4, -0.2) is 4.98 Å². The minimum absolute atomic E-state index is 0.374. The summed E-state index contributed by atoms with van der Waals surface area (Å²) in [5, 5.41) is 0.374. The van der Waals surface area contributed by atoms with Crippen LogP contribution >= 0.6 is 11.3 Å². The van der Waals surface area contributed by atoms with Crippen LogP contribution in [0.3, 0.4) is 0 Å². The summed E-state index contributed by atoms with van der Waals surface area (Å²) >= 11 is 1.21. The maximum absolute atomic E-state index is 12.6. The number of aryl methyl sites for hydroxylation is 1. The summed E-state index contributed by atoms with van der Waals surface area (Å²) in [5.41, 5.74) is 6.19. The molecule has 18 heavy (non-hydrogen) atoms. The molecule has 0 saturated heterocycles. The smallest absolute Gasteiger partial charge is 0.375 e. The normalized spacial score (nSPS) is 11.8. The zero-order chi connectivity index (χ0) is 13.3. The van der Waals surface area contributed by atoms with E-state index in [2.05, 4.69) is 4.98 Å². The summed E-state index contributed by atoms with van der Waals surface area (Å²) in [6.45, 7) is 1.89. The zero-order valence-corrected chi connectivity index (χ0v) is 10.4. The van der Waals surface area contributed by atoms with Crippen LogP contribution in [0.4, 0.5) is 18.3 Å². The molecule has 0 bridgehead atoms. The van der Waals surface area contributed by atoms with E-state index in [4.69, 9.17) is 5.73 Å². The first-order chi connectivity index (χ1) is 8.41. The molecule has 0 radical (unpaired) electrons. The monoisotopic (exact) mass is 272 g/mol. The molecule has 0 atom stereocenters. The van der Waals surface area contributed by atoms with Gasteiger partial charge in [-0.25, -0.2) is 4.98 Å². The topological polar surface area (TPSA) is 38.9 Å². The van der Waals surface area contributed by atoms with E-state index in [1.807, 2.05) is 6.92 Å². The number of hydrogen-bond donors (Lipinski definition) is 1. The Bertz CT molecular complexity index is 561. The van der Waals surface area contributed by atoms with E-state index < -0.39 is 11.7 Å². The van der Waals surface area contributed by atoms with Crippen LogP contribution in [0.2, 0.25) is 0 Å². The Hall–Kier alpha value is -1.56. The second kappa shape index (κ2) is 4.61. The predicted molar refractivity (Wildman–Crippen MR) is 66.3 cm³/mol. The number of anilines is 1. The van der Waals surface area contributed by atoms with Crippen LogP contribution in [-0.2, 0) is 12.6 Å². The lowest BCUT2D eigenvalue weighted by Gasteiger charge is -2.08. The molecular weight excluding hydrogens is 261 g/mol. The molecule has 6 heteroatoms. The lowest BCUT2D eigenvalue weighted by atomic mass is 10.1. The van der Waals surface area contributed by atoms with Crippen molar-refractivity contribution in [2.24, 2.45) is 0 Å². The number of nitrogen functional groups attached to an aromatic ring is 1. The van der Waals surface area contributed by atoms with Crippen LogP contribution in [0.1, 0.15) is 18.2 Å². The molecule has 2 aromatic rings. The summed E-state index contributed by atoms with van der Waals surface area (Å²) in [4.78, 5) is 4.82. The highest BCUT2D eigenvalue weighted by Crippen LogP contribution is 2.36. The molecule has 0 aliphatic carbocycles. The first-order valence-electron chi connectivity index (χ1n) is 5.34. The molecule has 0 aliphatic rings. The van der Waals surface area contributed by atoms with Crippen molar-refractivity contribution < 1.29 is 13.2 Å². The molecule has 1 aromatic heterocycles. The van der Waals surface area contributed by atoms with Crippen molar-refractivity contribution in [1.29, 1.82) is 0 Å². The number of rotatable bonds is 2. The molecule has 2 nitrogen and oxygen atoms in total. The van der Waals surface area contributed by atoms with Gasteiger partial charge in [-0.05, 0) is 24.1 Å². The van der Waals surface area contributed by atoms with Crippen molar-refractivity contribution in [2.45, 2.75) is 19.5 Å². The first-order valence-corrected chi connectivity index (χ1v) is 6.16. The second-order valence-electron chi connectivity index (χ2n) is 3.76. The number of hydrogen-bond acceptors (Lipinski definition) is 3. The van der Waals surface area contributed by atoms with Gasteiger partial charge in [0.15, 0.2) is 5.13 Å². The number of benzene rings is 1. The van der Waals surface area contributed by atoms with E-state index in [0.29, 0.717) is 22.0 Å². The molecule has 0 aliphatic heterocycles. The third kappa shape index (κ3) is 2.48. The summed E-state index contributed by atoms with van der Waals surface area (Å²) in [6, 6.07) is 5.22. The number of thiazole rings is 1. The summed E-state index contributed by atoms with van der Waals surface area (Å²) in [6.07, 6.45) is -3.70. The average molecular weight is 272 g/mol. The zero-order valence-electron chi connectivity index (χ0n) is 9.58. The van der Waals surface area contributed by atoms with Crippen molar-refractivity contribution in [3.8, 4) is 10.4 Å². The van der Waals surface area contributed by atoms with E-state index in [1.165, 1.54) is 17.4 Å². The Balaban J connectivity index is 2.51. The van der Waals surface area contributed by atoms with Crippen molar-refractivity contribution in [3.63, 3.8) is 0 Å². The molecule has 0 spiro atoms. The van der Waals surface area contributed by atoms with Gasteiger partial charge in [0.25, 0.3) is 0 Å². The predicted octanol–water partition coefficient (Wildman–Crippen LogP) is 3.97. The molecule has 0 fully saturated rings. The van der Waals surface area contributed by atoms with Gasteiger partial charge < -0.3 is 5.73 Å². The maximum atomic E-state index is 12.6.